The van der Waals surface area contributed by atoms with E-state index in [2.05, 4.69) is 206 Å². The second kappa shape index (κ2) is 12.1. The first-order valence-electron chi connectivity index (χ1n) is 19.5. The lowest BCUT2D eigenvalue weighted by atomic mass is 9.82. The van der Waals surface area contributed by atoms with Crippen LogP contribution in [0, 0.1) is 0 Å². The first kappa shape index (κ1) is 31.1. The molecule has 12 aromatic carbocycles. The van der Waals surface area contributed by atoms with E-state index in [4.69, 9.17) is 0 Å². The maximum Gasteiger partial charge on any atom is -0.00201 e. The van der Waals surface area contributed by atoms with Gasteiger partial charge in [-0.05, 0) is 145 Å². The summed E-state index contributed by atoms with van der Waals surface area (Å²) in [4.78, 5) is 0. The van der Waals surface area contributed by atoms with Crippen molar-refractivity contribution in [2.75, 3.05) is 0 Å². The van der Waals surface area contributed by atoms with Gasteiger partial charge in [0.15, 0.2) is 0 Å². The molecule has 12 aromatic rings. The molecule has 0 aliphatic heterocycles. The molecule has 0 spiro atoms. The monoisotopic (exact) mass is 706 g/mol. The van der Waals surface area contributed by atoms with Gasteiger partial charge in [-0.15, -0.1) is 0 Å². The maximum absolute atomic E-state index is 2.46. The summed E-state index contributed by atoms with van der Waals surface area (Å²) in [7, 11) is 0. The summed E-state index contributed by atoms with van der Waals surface area (Å²) in [6.07, 6.45) is 0. The van der Waals surface area contributed by atoms with Gasteiger partial charge in [-0.3, -0.25) is 0 Å². The van der Waals surface area contributed by atoms with Crippen LogP contribution in [0.1, 0.15) is 0 Å². The van der Waals surface area contributed by atoms with Crippen LogP contribution < -0.4 is 0 Å². The van der Waals surface area contributed by atoms with Gasteiger partial charge in [0.2, 0.25) is 0 Å². The van der Waals surface area contributed by atoms with Gasteiger partial charge in [0.25, 0.3) is 0 Å². The smallest absolute Gasteiger partial charge is 0.00201 e. The Kier molecular flexibility index (Phi) is 6.73. The molecule has 56 heavy (non-hydrogen) atoms. The van der Waals surface area contributed by atoms with Crippen molar-refractivity contribution in [1.29, 1.82) is 0 Å². The minimum absolute atomic E-state index is 1.23. The fraction of sp³-hybridized carbons (Fsp3) is 0. The van der Waals surface area contributed by atoms with Gasteiger partial charge in [-0.2, -0.15) is 0 Å². The quantitative estimate of drug-likeness (QED) is 0.156. The van der Waals surface area contributed by atoms with Crippen LogP contribution in [-0.4, -0.2) is 0 Å². The van der Waals surface area contributed by atoms with E-state index in [9.17, 15) is 0 Å². The van der Waals surface area contributed by atoms with Gasteiger partial charge in [0.05, 0.1) is 0 Å². The lowest BCUT2D eigenvalue weighted by Crippen LogP contribution is -1.94. The average molecular weight is 707 g/mol. The number of rotatable bonds is 5. The van der Waals surface area contributed by atoms with Gasteiger partial charge < -0.3 is 0 Å². The first-order chi connectivity index (χ1) is 27.8. The van der Waals surface area contributed by atoms with Crippen molar-refractivity contribution in [3.8, 4) is 55.6 Å². The standard InChI is InChI=1S/C56H34/c1-3-15-35(16-4-1)41-23-7-9-25-43(41)49-31-37-19-13-29-47-51(33-39-21-11-27-45(49)53(39)55(37)47)52-34-40-22-12-28-46-50(32-38-20-14-30-48(52)56(38)54(40)46)44-26-10-8-24-42(44)36-17-5-2-6-18-36/h1-34H. The van der Waals surface area contributed by atoms with Crippen LogP contribution in [0.4, 0.5) is 0 Å². The minimum atomic E-state index is 1.23. The largest absolute Gasteiger partial charge is 0.0622 e. The molecule has 0 amide bonds. The molecule has 0 N–H and O–H groups in total. The summed E-state index contributed by atoms with van der Waals surface area (Å²) in [5.41, 5.74) is 12.6. The zero-order valence-electron chi connectivity index (χ0n) is 30.6. The maximum atomic E-state index is 2.46. The summed E-state index contributed by atoms with van der Waals surface area (Å²) in [5.74, 6) is 0. The molecule has 0 aromatic heterocycles. The molecule has 0 aliphatic carbocycles. The van der Waals surface area contributed by atoms with Crippen LogP contribution in [0.15, 0.2) is 206 Å². The first-order valence-corrected chi connectivity index (χ1v) is 19.5. The van der Waals surface area contributed by atoms with Crippen LogP contribution in [0.2, 0.25) is 0 Å². The molecule has 0 heterocycles. The number of hydrogen-bond acceptors (Lipinski definition) is 0. The normalized spacial score (nSPS) is 11.9. The van der Waals surface area contributed by atoms with Crippen molar-refractivity contribution in [2.45, 2.75) is 0 Å². The summed E-state index contributed by atoms with van der Waals surface area (Å²) in [5, 5.41) is 15.6. The van der Waals surface area contributed by atoms with Crippen molar-refractivity contribution >= 4 is 64.6 Å². The van der Waals surface area contributed by atoms with E-state index in [1.807, 2.05) is 0 Å². The molecule has 0 unspecified atom stereocenters. The van der Waals surface area contributed by atoms with Crippen molar-refractivity contribution < 1.29 is 0 Å². The highest BCUT2D eigenvalue weighted by atomic mass is 14.2. The van der Waals surface area contributed by atoms with E-state index >= 15 is 0 Å². The minimum Gasteiger partial charge on any atom is -0.0622 e. The van der Waals surface area contributed by atoms with Crippen LogP contribution in [-0.2, 0) is 0 Å². The fourth-order valence-electron chi connectivity index (χ4n) is 9.77. The second-order valence-corrected chi connectivity index (χ2v) is 15.1. The topological polar surface area (TPSA) is 0 Å². The molecule has 0 saturated carbocycles. The summed E-state index contributed by atoms with van der Waals surface area (Å²) in [6.45, 7) is 0. The molecular formula is C56H34. The molecule has 0 atom stereocenters. The van der Waals surface area contributed by atoms with E-state index in [0.29, 0.717) is 0 Å². The van der Waals surface area contributed by atoms with Crippen molar-refractivity contribution in [3.63, 3.8) is 0 Å². The lowest BCUT2D eigenvalue weighted by molar-refractivity contribution is 1.60. The molecule has 0 fully saturated rings. The van der Waals surface area contributed by atoms with E-state index < -0.39 is 0 Å². The van der Waals surface area contributed by atoms with Gasteiger partial charge in [-0.1, -0.05) is 182 Å². The Morgan fingerprint density at radius 3 is 0.768 bits per heavy atom. The molecular weight excluding hydrogens is 673 g/mol. The SMILES string of the molecule is c1ccc(-c2ccccc2-c2cc3cccc4c(-c5cc6cccc7c(-c8ccccc8-c8ccccc8)cc8cccc5c8c67)cc5cccc2c5c34)cc1. The molecule has 0 nitrogen and oxygen atoms in total. The van der Waals surface area contributed by atoms with Crippen molar-refractivity contribution in [1.82, 2.24) is 0 Å². The summed E-state index contributed by atoms with van der Waals surface area (Å²) >= 11 is 0. The van der Waals surface area contributed by atoms with E-state index in [1.54, 1.807) is 0 Å². The molecule has 0 aliphatic rings. The van der Waals surface area contributed by atoms with Gasteiger partial charge >= 0.3 is 0 Å². The third kappa shape index (κ3) is 4.54. The molecule has 0 heteroatoms. The highest BCUT2D eigenvalue weighted by Crippen LogP contribution is 2.49. The third-order valence-corrected chi connectivity index (χ3v) is 12.1. The van der Waals surface area contributed by atoms with Crippen LogP contribution in [0.25, 0.3) is 120 Å². The van der Waals surface area contributed by atoms with Crippen molar-refractivity contribution in [2.24, 2.45) is 0 Å². The van der Waals surface area contributed by atoms with Crippen molar-refractivity contribution in [3.05, 3.63) is 206 Å². The molecule has 0 bridgehead atoms. The Balaban J connectivity index is 1.12. The van der Waals surface area contributed by atoms with Gasteiger partial charge in [-0.25, -0.2) is 0 Å². The zero-order chi connectivity index (χ0) is 36.7. The van der Waals surface area contributed by atoms with E-state index in [0.717, 1.165) is 0 Å². The Bertz CT molecular complexity index is 3210. The van der Waals surface area contributed by atoms with E-state index in [-0.39, 0.29) is 0 Å². The number of benzene rings is 12. The van der Waals surface area contributed by atoms with Crippen LogP contribution >= 0.6 is 0 Å². The summed E-state index contributed by atoms with van der Waals surface area (Å²) in [6, 6.07) is 76.5. The van der Waals surface area contributed by atoms with E-state index in [1.165, 1.54) is 120 Å². The third-order valence-electron chi connectivity index (χ3n) is 12.1. The molecule has 258 valence electrons. The zero-order valence-corrected chi connectivity index (χ0v) is 30.6. The molecule has 12 rings (SSSR count). The fourth-order valence-corrected chi connectivity index (χ4v) is 9.77. The highest BCUT2D eigenvalue weighted by Gasteiger charge is 2.22. The Labute approximate surface area is 325 Å². The van der Waals surface area contributed by atoms with Gasteiger partial charge in [0, 0.05) is 0 Å². The lowest BCUT2D eigenvalue weighted by Gasteiger charge is -2.21. The average Bonchev–Trinajstić information content (AvgIpc) is 3.27. The molecule has 0 radical (unpaired) electrons. The highest BCUT2D eigenvalue weighted by molar-refractivity contribution is 6.33. The Morgan fingerprint density at radius 1 is 0.179 bits per heavy atom. The Morgan fingerprint density at radius 2 is 0.446 bits per heavy atom. The predicted octanol–water partition coefficient (Wildman–Crippen LogP) is 15.8. The number of hydrogen-bond donors (Lipinski definition) is 0. The van der Waals surface area contributed by atoms with Crippen LogP contribution in [0.3, 0.4) is 0 Å². The molecule has 0 saturated heterocycles. The Hall–Kier alpha value is -7.28. The van der Waals surface area contributed by atoms with Gasteiger partial charge in [0.1, 0.15) is 0 Å². The van der Waals surface area contributed by atoms with Crippen LogP contribution in [0.5, 0.6) is 0 Å². The predicted molar refractivity (Wildman–Crippen MR) is 241 cm³/mol. The second-order valence-electron chi connectivity index (χ2n) is 15.1. The summed E-state index contributed by atoms with van der Waals surface area (Å²) < 4.78 is 0.